The lowest BCUT2D eigenvalue weighted by Crippen LogP contribution is -2.63. The van der Waals surface area contributed by atoms with Gasteiger partial charge in [-0.15, -0.1) is 0 Å². The first kappa shape index (κ1) is 27.8. The van der Waals surface area contributed by atoms with Crippen molar-refractivity contribution >= 4 is 9.84 Å². The van der Waals surface area contributed by atoms with Crippen LogP contribution in [0.5, 0.6) is 0 Å². The Kier molecular flexibility index (Phi) is 7.20. The van der Waals surface area contributed by atoms with Crippen LogP contribution >= 0.6 is 0 Å². The van der Waals surface area contributed by atoms with Crippen molar-refractivity contribution in [3.63, 3.8) is 0 Å². The van der Waals surface area contributed by atoms with Crippen LogP contribution in [-0.4, -0.2) is 55.5 Å². The van der Waals surface area contributed by atoms with Gasteiger partial charge in [0.05, 0.1) is 12.8 Å². The molecular weight excluding hydrogens is 488 g/mol. The summed E-state index contributed by atoms with van der Waals surface area (Å²) in [6, 6.07) is 0. The van der Waals surface area contributed by atoms with Crippen molar-refractivity contribution in [1.82, 2.24) is 0 Å². The second kappa shape index (κ2) is 7.51. The molecule has 0 saturated carbocycles. The van der Waals surface area contributed by atoms with Crippen LogP contribution in [0.1, 0.15) is 12.8 Å². The molecule has 0 fully saturated rings. The Hall–Kier alpha value is -1.17. The molecule has 0 bridgehead atoms. The van der Waals surface area contributed by atoms with E-state index in [1.165, 1.54) is 0 Å². The Bertz CT molecular complexity index is 623. The first-order chi connectivity index (χ1) is 12.3. The lowest BCUT2D eigenvalue weighted by Gasteiger charge is -2.35. The van der Waals surface area contributed by atoms with Gasteiger partial charge in [0.1, 0.15) is 0 Å². The summed E-state index contributed by atoms with van der Waals surface area (Å²) in [5, 5.41) is -15.5. The normalized spacial score (nSPS) is 17.9. The molecule has 0 aromatic heterocycles. The van der Waals surface area contributed by atoms with Crippen molar-refractivity contribution in [2.45, 2.75) is 59.9 Å². The molecule has 2 unspecified atom stereocenters. The van der Waals surface area contributed by atoms with E-state index in [2.05, 4.69) is 0 Å². The molecule has 0 aliphatic heterocycles. The summed E-state index contributed by atoms with van der Waals surface area (Å²) in [5.41, 5.74) is 0. The fourth-order valence-corrected chi connectivity index (χ4v) is 2.84. The fraction of sp³-hybridized carbons (Fsp3) is 1.00. The molecule has 0 radical (unpaired) electrons. The molecule has 2 nitrogen and oxygen atoms in total. The summed E-state index contributed by atoms with van der Waals surface area (Å²) in [7, 11) is -8.84. The number of alkyl halides is 16. The summed E-state index contributed by atoms with van der Waals surface area (Å²) in [4.78, 5) is 0. The second-order valence-electron chi connectivity index (χ2n) is 5.36. The summed E-state index contributed by atoms with van der Waals surface area (Å²) in [5.74, 6) is -14.5. The van der Waals surface area contributed by atoms with E-state index < -0.39 is 69.7 Å². The molecule has 0 aliphatic rings. The highest BCUT2D eigenvalue weighted by atomic mass is 32.2. The maximum atomic E-state index is 13.3. The van der Waals surface area contributed by atoms with E-state index in [9.17, 15) is 78.7 Å². The highest BCUT2D eigenvalue weighted by Gasteiger charge is 2.82. The Morgan fingerprint density at radius 2 is 0.724 bits per heavy atom. The fourth-order valence-electron chi connectivity index (χ4n) is 1.55. The third kappa shape index (κ3) is 5.12. The standard InChI is InChI=1S/C10H6F16O2S/c11-3(1-5(13,14)15)7(19,20)9(23,24)29(27,28)10(25,26)8(21,22)4(12)2-6(16,17)18/h3-4H,1-2H2. The maximum absolute atomic E-state index is 13.3. The Labute approximate surface area is 149 Å². The van der Waals surface area contributed by atoms with Gasteiger partial charge in [-0.3, -0.25) is 0 Å². The summed E-state index contributed by atoms with van der Waals surface area (Å²) in [6.07, 6.45) is -29.7. The SMILES string of the molecule is O=S(=O)(C(F)(F)C(F)(F)C(F)CC(F)(F)F)C(F)(F)C(F)(F)C(F)CC(F)(F)F. The van der Waals surface area contributed by atoms with Gasteiger partial charge in [0.25, 0.3) is 9.84 Å². The molecule has 0 aromatic carbocycles. The molecule has 0 N–H and O–H groups in total. The van der Waals surface area contributed by atoms with E-state index in [4.69, 9.17) is 0 Å². The maximum Gasteiger partial charge on any atom is 0.416 e. The molecule has 29 heavy (non-hydrogen) atoms. The predicted octanol–water partition coefficient (Wildman–Crippen LogP) is 5.44. The molecule has 176 valence electrons. The van der Waals surface area contributed by atoms with Gasteiger partial charge in [0.15, 0.2) is 12.3 Å². The van der Waals surface area contributed by atoms with Crippen molar-refractivity contribution < 1.29 is 78.7 Å². The van der Waals surface area contributed by atoms with Crippen LogP contribution in [0, 0.1) is 0 Å². The van der Waals surface area contributed by atoms with Crippen LogP contribution in [0.15, 0.2) is 0 Å². The monoisotopic (exact) mass is 494 g/mol. The molecule has 0 saturated heterocycles. The van der Waals surface area contributed by atoms with Gasteiger partial charge in [-0.05, 0) is 0 Å². The molecule has 0 heterocycles. The van der Waals surface area contributed by atoms with Gasteiger partial charge in [-0.1, -0.05) is 0 Å². The number of rotatable bonds is 8. The first-order valence-electron chi connectivity index (χ1n) is 6.42. The molecule has 0 rings (SSSR count). The van der Waals surface area contributed by atoms with Gasteiger partial charge in [-0.25, -0.2) is 17.2 Å². The molecular formula is C10H6F16O2S. The third-order valence-electron chi connectivity index (χ3n) is 3.06. The van der Waals surface area contributed by atoms with Crippen molar-refractivity contribution in [1.29, 1.82) is 0 Å². The quantitative estimate of drug-likeness (QED) is 0.422. The van der Waals surface area contributed by atoms with Crippen LogP contribution in [0.25, 0.3) is 0 Å². The minimum absolute atomic E-state index is 3.55. The van der Waals surface area contributed by atoms with E-state index >= 15 is 0 Å². The predicted molar refractivity (Wildman–Crippen MR) is 59.8 cm³/mol. The molecule has 0 amide bonds. The van der Waals surface area contributed by atoms with E-state index in [1.54, 1.807) is 0 Å². The number of hydrogen-bond acceptors (Lipinski definition) is 2. The minimum atomic E-state index is -8.84. The summed E-state index contributed by atoms with van der Waals surface area (Å²) >= 11 is 0. The highest BCUT2D eigenvalue weighted by molar-refractivity contribution is 7.93. The molecule has 19 heteroatoms. The molecule has 0 aromatic rings. The average Bonchev–Trinajstić information content (AvgIpc) is 2.42. The highest BCUT2D eigenvalue weighted by Crippen LogP contribution is 2.54. The lowest BCUT2D eigenvalue weighted by molar-refractivity contribution is -0.241. The van der Waals surface area contributed by atoms with Gasteiger partial charge >= 0.3 is 34.7 Å². The van der Waals surface area contributed by atoms with Crippen LogP contribution in [-0.2, 0) is 9.84 Å². The van der Waals surface area contributed by atoms with Crippen LogP contribution < -0.4 is 0 Å². The van der Waals surface area contributed by atoms with Crippen molar-refractivity contribution in [3.05, 3.63) is 0 Å². The Morgan fingerprint density at radius 3 is 0.897 bits per heavy atom. The zero-order chi connectivity index (χ0) is 24.1. The molecule has 2 atom stereocenters. The molecule has 0 spiro atoms. The van der Waals surface area contributed by atoms with Crippen LogP contribution in [0.4, 0.5) is 70.2 Å². The Morgan fingerprint density at radius 1 is 0.517 bits per heavy atom. The van der Waals surface area contributed by atoms with Crippen molar-refractivity contribution in [2.24, 2.45) is 0 Å². The minimum Gasteiger partial charge on any atom is -0.240 e. The van der Waals surface area contributed by atoms with Gasteiger partial charge < -0.3 is 0 Å². The smallest absolute Gasteiger partial charge is 0.240 e. The van der Waals surface area contributed by atoms with Crippen molar-refractivity contribution in [3.8, 4) is 0 Å². The van der Waals surface area contributed by atoms with Crippen LogP contribution in [0.3, 0.4) is 0 Å². The lowest BCUT2D eigenvalue weighted by atomic mass is 10.1. The zero-order valence-corrected chi connectivity index (χ0v) is 13.7. The number of halogens is 16. The zero-order valence-electron chi connectivity index (χ0n) is 12.8. The number of sulfone groups is 1. The second-order valence-corrected chi connectivity index (χ2v) is 7.39. The Balaban J connectivity index is 6.29. The summed E-state index contributed by atoms with van der Waals surface area (Å²) < 4.78 is 225. The van der Waals surface area contributed by atoms with Crippen molar-refractivity contribution in [2.75, 3.05) is 0 Å². The summed E-state index contributed by atoms with van der Waals surface area (Å²) in [6.45, 7) is 0. The van der Waals surface area contributed by atoms with E-state index in [0.717, 1.165) is 0 Å². The topological polar surface area (TPSA) is 34.1 Å². The van der Waals surface area contributed by atoms with E-state index in [-0.39, 0.29) is 0 Å². The molecule has 0 aliphatic carbocycles. The number of hydrogen-bond donors (Lipinski definition) is 0. The van der Waals surface area contributed by atoms with Gasteiger partial charge in [0.2, 0.25) is 0 Å². The van der Waals surface area contributed by atoms with Gasteiger partial charge in [-0.2, -0.15) is 61.5 Å². The average molecular weight is 494 g/mol. The first-order valence-corrected chi connectivity index (χ1v) is 7.91. The van der Waals surface area contributed by atoms with E-state index in [0.29, 0.717) is 0 Å². The van der Waals surface area contributed by atoms with E-state index in [1.807, 2.05) is 0 Å². The third-order valence-corrected chi connectivity index (χ3v) is 4.95. The van der Waals surface area contributed by atoms with Crippen LogP contribution in [0.2, 0.25) is 0 Å². The van der Waals surface area contributed by atoms with Gasteiger partial charge in [0, 0.05) is 0 Å². The largest absolute Gasteiger partial charge is 0.416 e.